The van der Waals surface area contributed by atoms with E-state index in [9.17, 15) is 0 Å². The number of hydrogen-bond acceptors (Lipinski definition) is 3. The van der Waals surface area contributed by atoms with Crippen molar-refractivity contribution in [3.8, 4) is 0 Å². The van der Waals surface area contributed by atoms with E-state index in [0.717, 1.165) is 10.6 Å². The summed E-state index contributed by atoms with van der Waals surface area (Å²) in [5, 5.41) is 8.53. The maximum absolute atomic E-state index is 8.53. The summed E-state index contributed by atoms with van der Waals surface area (Å²) in [6.45, 7) is 2.13. The highest BCUT2D eigenvalue weighted by atomic mass is 32.1. The minimum absolute atomic E-state index is 0.205. The molecule has 1 radical (unpaired) electrons. The van der Waals surface area contributed by atoms with Gasteiger partial charge in [0, 0.05) is 17.9 Å². The van der Waals surface area contributed by atoms with Gasteiger partial charge < -0.3 is 5.11 Å². The van der Waals surface area contributed by atoms with Crippen molar-refractivity contribution in [3.05, 3.63) is 16.1 Å². The number of rotatable bonds is 2. The van der Waals surface area contributed by atoms with E-state index in [1.807, 2.05) is 6.92 Å². The molecule has 0 saturated heterocycles. The Kier molecular flexibility index (Phi) is 2.19. The van der Waals surface area contributed by atoms with Crippen LogP contribution in [0, 0.1) is 12.4 Å². The predicted octanol–water partition coefficient (Wildman–Crippen LogP) is 0.787. The Labute approximate surface area is 58.2 Å². The van der Waals surface area contributed by atoms with Gasteiger partial charge in [-0.15, -0.1) is 11.3 Å². The van der Waals surface area contributed by atoms with Gasteiger partial charge in [-0.25, -0.2) is 4.98 Å². The van der Waals surface area contributed by atoms with Crippen LogP contribution in [0.15, 0.2) is 0 Å². The fourth-order valence-corrected chi connectivity index (χ4v) is 1.30. The van der Waals surface area contributed by atoms with Crippen molar-refractivity contribution in [2.24, 2.45) is 0 Å². The number of nitrogens with zero attached hydrogens (tertiary/aromatic N) is 1. The van der Waals surface area contributed by atoms with Gasteiger partial charge in [0.05, 0.1) is 5.69 Å². The van der Waals surface area contributed by atoms with Crippen LogP contribution in [-0.4, -0.2) is 16.7 Å². The Morgan fingerprint density at radius 3 is 3.00 bits per heavy atom. The number of aliphatic hydroxyl groups is 1. The first-order chi connectivity index (χ1) is 4.34. The quantitative estimate of drug-likeness (QED) is 0.662. The topological polar surface area (TPSA) is 33.1 Å². The zero-order chi connectivity index (χ0) is 6.69. The highest BCUT2D eigenvalue weighted by Crippen LogP contribution is 2.10. The van der Waals surface area contributed by atoms with Crippen LogP contribution in [-0.2, 0) is 6.42 Å². The number of thiazole rings is 1. The molecule has 0 amide bonds. The number of aromatic nitrogens is 1. The summed E-state index contributed by atoms with van der Waals surface area (Å²) in [6.07, 6.45) is 0.715. The minimum Gasteiger partial charge on any atom is -0.396 e. The van der Waals surface area contributed by atoms with Crippen LogP contribution in [0.5, 0.6) is 0 Å². The predicted molar refractivity (Wildman–Crippen MR) is 36.5 cm³/mol. The van der Waals surface area contributed by atoms with Gasteiger partial charge in [-0.1, -0.05) is 0 Å². The van der Waals surface area contributed by atoms with Crippen LogP contribution in [0.4, 0.5) is 0 Å². The molecule has 2 nitrogen and oxygen atoms in total. The molecule has 0 fully saturated rings. The molecule has 1 aromatic rings. The zero-order valence-corrected chi connectivity index (χ0v) is 6.03. The molecule has 0 spiro atoms. The first-order valence-electron chi connectivity index (χ1n) is 2.78. The van der Waals surface area contributed by atoms with Gasteiger partial charge in [0.25, 0.3) is 0 Å². The summed E-state index contributed by atoms with van der Waals surface area (Å²) in [7, 11) is 0. The Balaban J connectivity index is 2.69. The van der Waals surface area contributed by atoms with Crippen molar-refractivity contribution < 1.29 is 5.11 Å². The summed E-state index contributed by atoms with van der Waals surface area (Å²) in [6, 6.07) is 0. The van der Waals surface area contributed by atoms with Crippen molar-refractivity contribution in [2.45, 2.75) is 13.3 Å². The molecule has 0 atom stereocenters. The molecular formula is C6H8NOS. The van der Waals surface area contributed by atoms with Gasteiger partial charge in [-0.3, -0.25) is 0 Å². The molecule has 0 aromatic carbocycles. The van der Waals surface area contributed by atoms with Gasteiger partial charge in [0.2, 0.25) is 0 Å². The van der Waals surface area contributed by atoms with E-state index < -0.39 is 0 Å². The van der Waals surface area contributed by atoms with Gasteiger partial charge in [0.15, 0.2) is 5.51 Å². The molecule has 3 heteroatoms. The third-order valence-electron chi connectivity index (χ3n) is 1.12. The summed E-state index contributed by atoms with van der Waals surface area (Å²) < 4.78 is 0. The summed E-state index contributed by atoms with van der Waals surface area (Å²) >= 11 is 1.48. The summed E-state index contributed by atoms with van der Waals surface area (Å²) in [4.78, 5) is 5.05. The molecule has 0 aliphatic rings. The lowest BCUT2D eigenvalue weighted by molar-refractivity contribution is 0.300. The average Bonchev–Trinajstić information content (AvgIpc) is 2.18. The number of hydrogen-bond donors (Lipinski definition) is 1. The van der Waals surface area contributed by atoms with Crippen molar-refractivity contribution >= 4 is 11.3 Å². The third-order valence-corrected chi connectivity index (χ3v) is 2.05. The SMILES string of the molecule is Cc1n[c]sc1CCO. The van der Waals surface area contributed by atoms with Crippen LogP contribution in [0.25, 0.3) is 0 Å². The number of aryl methyl sites for hydroxylation is 1. The highest BCUT2D eigenvalue weighted by Gasteiger charge is 1.98. The molecule has 1 heterocycles. The largest absolute Gasteiger partial charge is 0.396 e. The number of aliphatic hydroxyl groups excluding tert-OH is 1. The normalized spacial score (nSPS) is 10.0. The molecule has 1 rings (SSSR count). The first kappa shape index (κ1) is 6.71. The Morgan fingerprint density at radius 1 is 1.78 bits per heavy atom. The Bertz CT molecular complexity index is 185. The van der Waals surface area contributed by atoms with Crippen molar-refractivity contribution in [3.63, 3.8) is 0 Å². The zero-order valence-electron chi connectivity index (χ0n) is 5.22. The van der Waals surface area contributed by atoms with Crippen LogP contribution in [0.1, 0.15) is 10.6 Å². The van der Waals surface area contributed by atoms with Crippen molar-refractivity contribution in [1.82, 2.24) is 4.98 Å². The van der Waals surface area contributed by atoms with Gasteiger partial charge in [0.1, 0.15) is 0 Å². The smallest absolute Gasteiger partial charge is 0.152 e. The van der Waals surface area contributed by atoms with Crippen LogP contribution in [0.3, 0.4) is 0 Å². The standard InChI is InChI=1S/C6H8NOS/c1-5-6(2-3-8)9-4-7-5/h8H,2-3H2,1H3. The van der Waals surface area contributed by atoms with E-state index in [0.29, 0.717) is 6.42 Å². The van der Waals surface area contributed by atoms with E-state index in [1.165, 1.54) is 11.3 Å². The molecule has 1 N–H and O–H groups in total. The van der Waals surface area contributed by atoms with E-state index in [-0.39, 0.29) is 6.61 Å². The lowest BCUT2D eigenvalue weighted by atomic mass is 10.3. The molecule has 0 aliphatic heterocycles. The Morgan fingerprint density at radius 2 is 2.56 bits per heavy atom. The highest BCUT2D eigenvalue weighted by molar-refractivity contribution is 7.09. The van der Waals surface area contributed by atoms with Crippen molar-refractivity contribution in [2.75, 3.05) is 6.61 Å². The Hall–Kier alpha value is -0.410. The van der Waals surface area contributed by atoms with Crippen molar-refractivity contribution in [1.29, 1.82) is 0 Å². The molecule has 49 valence electrons. The third kappa shape index (κ3) is 1.50. The van der Waals surface area contributed by atoms with Crippen LogP contribution >= 0.6 is 11.3 Å². The molecular weight excluding hydrogens is 134 g/mol. The molecule has 0 unspecified atom stereocenters. The average molecular weight is 142 g/mol. The second kappa shape index (κ2) is 2.94. The van der Waals surface area contributed by atoms with E-state index in [1.54, 1.807) is 0 Å². The first-order valence-corrected chi connectivity index (χ1v) is 3.59. The van der Waals surface area contributed by atoms with Gasteiger partial charge >= 0.3 is 0 Å². The van der Waals surface area contributed by atoms with E-state index in [2.05, 4.69) is 10.5 Å². The molecule has 1 aromatic heterocycles. The monoisotopic (exact) mass is 142 g/mol. The second-order valence-corrected chi connectivity index (χ2v) is 2.67. The lowest BCUT2D eigenvalue weighted by Crippen LogP contribution is -1.88. The maximum atomic E-state index is 8.53. The minimum atomic E-state index is 0.205. The molecule has 0 aliphatic carbocycles. The van der Waals surface area contributed by atoms with Gasteiger partial charge in [-0.05, 0) is 6.92 Å². The second-order valence-electron chi connectivity index (χ2n) is 1.79. The molecule has 0 saturated carbocycles. The molecule has 0 bridgehead atoms. The van der Waals surface area contributed by atoms with Crippen LogP contribution < -0.4 is 0 Å². The fourth-order valence-electron chi connectivity index (χ4n) is 0.616. The van der Waals surface area contributed by atoms with E-state index >= 15 is 0 Å². The van der Waals surface area contributed by atoms with Crippen LogP contribution in [0.2, 0.25) is 0 Å². The summed E-state index contributed by atoms with van der Waals surface area (Å²) in [5.74, 6) is 0. The maximum Gasteiger partial charge on any atom is 0.152 e. The fraction of sp³-hybridized carbons (Fsp3) is 0.500. The van der Waals surface area contributed by atoms with E-state index in [4.69, 9.17) is 5.11 Å². The summed E-state index contributed by atoms with van der Waals surface area (Å²) in [5.41, 5.74) is 3.76. The lowest BCUT2D eigenvalue weighted by Gasteiger charge is -1.90. The van der Waals surface area contributed by atoms with Gasteiger partial charge in [-0.2, -0.15) is 0 Å². The molecule has 9 heavy (non-hydrogen) atoms.